The Kier molecular flexibility index (Phi) is 8.23. The van der Waals surface area contributed by atoms with Gasteiger partial charge in [0.05, 0.1) is 22.3 Å². The first-order valence-electron chi connectivity index (χ1n) is 17.6. The number of hydrogen-bond donors (Lipinski definition) is 0. The Morgan fingerprint density at radius 3 is 1.64 bits per heavy atom. The van der Waals surface area contributed by atoms with Gasteiger partial charge in [0.25, 0.3) is 0 Å². The van der Waals surface area contributed by atoms with Crippen LogP contribution < -0.4 is 0 Å². The summed E-state index contributed by atoms with van der Waals surface area (Å²) in [5.74, 6) is 3.23. The van der Waals surface area contributed by atoms with Crippen molar-refractivity contribution < 1.29 is 13.2 Å². The Labute approximate surface area is 313 Å². The summed E-state index contributed by atoms with van der Waals surface area (Å²) >= 11 is 0. The standard InChI is InChI=1S/C45H30F3N7/c1-27-49-28(2)51-43(50-27)33-21-23-39-37(25-33)35-18-9-10-19-38(35)55(39)40-26-32(31-16-11-17-34(24-31)45(46,47)48)20-22-36(40)44-53-41(29-12-5-3-6-13-29)52-42(54-44)30-14-7-4-8-15-30/h3-26H,1-2H3. The number of rotatable bonds is 6. The summed E-state index contributed by atoms with van der Waals surface area (Å²) in [5.41, 5.74) is 5.89. The zero-order chi connectivity index (χ0) is 37.7. The number of benzene rings is 6. The van der Waals surface area contributed by atoms with E-state index >= 15 is 0 Å². The van der Waals surface area contributed by atoms with E-state index in [2.05, 4.69) is 31.7 Å². The van der Waals surface area contributed by atoms with Crippen molar-refractivity contribution in [2.24, 2.45) is 0 Å². The molecule has 9 rings (SSSR count). The van der Waals surface area contributed by atoms with Crippen molar-refractivity contribution >= 4 is 21.8 Å². The normalized spacial score (nSPS) is 11.7. The minimum absolute atomic E-state index is 0.414. The van der Waals surface area contributed by atoms with Crippen LogP contribution >= 0.6 is 0 Å². The molecule has 0 bridgehead atoms. The third kappa shape index (κ3) is 6.37. The van der Waals surface area contributed by atoms with Crippen LogP contribution in [0.2, 0.25) is 0 Å². The van der Waals surface area contributed by atoms with Crippen LogP contribution in [-0.2, 0) is 6.18 Å². The third-order valence-corrected chi connectivity index (χ3v) is 9.49. The molecule has 7 nitrogen and oxygen atoms in total. The fraction of sp³-hybridized carbons (Fsp3) is 0.0667. The number of aromatic nitrogens is 7. The minimum Gasteiger partial charge on any atom is -0.308 e. The van der Waals surface area contributed by atoms with E-state index in [0.717, 1.165) is 44.6 Å². The highest BCUT2D eigenvalue weighted by molar-refractivity contribution is 6.11. The molecule has 266 valence electrons. The van der Waals surface area contributed by atoms with Crippen molar-refractivity contribution in [3.8, 4) is 62.4 Å². The molecular weight excluding hydrogens is 696 g/mol. The van der Waals surface area contributed by atoms with E-state index in [-0.39, 0.29) is 0 Å². The van der Waals surface area contributed by atoms with E-state index < -0.39 is 11.7 Å². The number of hydrogen-bond acceptors (Lipinski definition) is 6. The molecule has 0 fully saturated rings. The molecule has 0 saturated heterocycles. The van der Waals surface area contributed by atoms with Gasteiger partial charge in [0, 0.05) is 33.0 Å². The monoisotopic (exact) mass is 725 g/mol. The Bertz CT molecular complexity index is 2810. The zero-order valence-corrected chi connectivity index (χ0v) is 29.6. The molecule has 6 aromatic carbocycles. The average molecular weight is 726 g/mol. The molecule has 0 aliphatic rings. The number of fused-ring (bicyclic) bond motifs is 3. The molecule has 3 aromatic heterocycles. The van der Waals surface area contributed by atoms with Crippen molar-refractivity contribution in [2.75, 3.05) is 0 Å². The van der Waals surface area contributed by atoms with Gasteiger partial charge in [-0.3, -0.25) is 0 Å². The number of nitrogens with zero attached hydrogens (tertiary/aromatic N) is 7. The molecule has 0 N–H and O–H groups in total. The molecule has 0 aliphatic heterocycles. The summed E-state index contributed by atoms with van der Waals surface area (Å²) < 4.78 is 43.9. The van der Waals surface area contributed by atoms with Crippen molar-refractivity contribution in [2.45, 2.75) is 20.0 Å². The fourth-order valence-corrected chi connectivity index (χ4v) is 7.01. The molecule has 0 aliphatic carbocycles. The average Bonchev–Trinajstić information content (AvgIpc) is 3.54. The lowest BCUT2D eigenvalue weighted by molar-refractivity contribution is -0.137. The summed E-state index contributed by atoms with van der Waals surface area (Å²) in [4.78, 5) is 28.6. The predicted molar refractivity (Wildman–Crippen MR) is 209 cm³/mol. The van der Waals surface area contributed by atoms with E-state index in [1.807, 2.05) is 123 Å². The molecule has 0 saturated carbocycles. The first-order valence-corrected chi connectivity index (χ1v) is 17.6. The molecule has 3 heterocycles. The van der Waals surface area contributed by atoms with Crippen molar-refractivity contribution in [3.63, 3.8) is 0 Å². The van der Waals surface area contributed by atoms with E-state index in [1.54, 1.807) is 6.07 Å². The van der Waals surface area contributed by atoms with Crippen LogP contribution in [0, 0.1) is 13.8 Å². The summed E-state index contributed by atoms with van der Waals surface area (Å²) in [7, 11) is 0. The van der Waals surface area contributed by atoms with Gasteiger partial charge in [-0.25, -0.2) is 29.9 Å². The fourth-order valence-electron chi connectivity index (χ4n) is 7.01. The van der Waals surface area contributed by atoms with E-state index in [0.29, 0.717) is 57.3 Å². The van der Waals surface area contributed by atoms with E-state index in [4.69, 9.17) is 15.0 Å². The summed E-state index contributed by atoms with van der Waals surface area (Å²) in [5, 5.41) is 1.92. The van der Waals surface area contributed by atoms with Gasteiger partial charge < -0.3 is 4.57 Å². The SMILES string of the molecule is Cc1nc(C)nc(-c2ccc3c(c2)c2ccccc2n3-c2cc(-c3cccc(C(F)(F)F)c3)ccc2-c2nc(-c3ccccc3)nc(-c3ccccc3)n2)n1. The maximum absolute atomic E-state index is 13.9. The molecule has 9 aromatic rings. The highest BCUT2D eigenvalue weighted by Gasteiger charge is 2.30. The smallest absolute Gasteiger partial charge is 0.308 e. The number of aryl methyl sites for hydroxylation is 2. The number of alkyl halides is 3. The van der Waals surface area contributed by atoms with E-state index in [1.165, 1.54) is 12.1 Å². The topological polar surface area (TPSA) is 82.3 Å². The highest BCUT2D eigenvalue weighted by atomic mass is 19.4. The second-order valence-corrected chi connectivity index (χ2v) is 13.2. The molecule has 0 atom stereocenters. The summed E-state index contributed by atoms with van der Waals surface area (Å²) in [6.45, 7) is 3.68. The summed E-state index contributed by atoms with van der Waals surface area (Å²) in [6, 6.07) is 44.5. The Balaban J connectivity index is 1.34. The van der Waals surface area contributed by atoms with Crippen LogP contribution in [0.1, 0.15) is 17.2 Å². The minimum atomic E-state index is -4.49. The van der Waals surface area contributed by atoms with Gasteiger partial charge in [0.15, 0.2) is 23.3 Å². The first-order chi connectivity index (χ1) is 26.7. The van der Waals surface area contributed by atoms with Crippen molar-refractivity contribution in [3.05, 3.63) is 163 Å². The van der Waals surface area contributed by atoms with Crippen molar-refractivity contribution in [1.29, 1.82) is 0 Å². The quantitative estimate of drug-likeness (QED) is 0.170. The first kappa shape index (κ1) is 33.7. The van der Waals surface area contributed by atoms with Gasteiger partial charge in [0.1, 0.15) is 11.6 Å². The van der Waals surface area contributed by atoms with Crippen LogP contribution in [-0.4, -0.2) is 34.5 Å². The second kappa shape index (κ2) is 13.4. The predicted octanol–water partition coefficient (Wildman–Crippen LogP) is 11.1. The van der Waals surface area contributed by atoms with Crippen LogP contribution in [0.4, 0.5) is 13.2 Å². The van der Waals surface area contributed by atoms with Crippen LogP contribution in [0.25, 0.3) is 84.2 Å². The molecule has 0 radical (unpaired) electrons. The lowest BCUT2D eigenvalue weighted by Gasteiger charge is -2.17. The molecular formula is C45H30F3N7. The van der Waals surface area contributed by atoms with Crippen LogP contribution in [0.3, 0.4) is 0 Å². The van der Waals surface area contributed by atoms with Gasteiger partial charge in [0.2, 0.25) is 0 Å². The van der Waals surface area contributed by atoms with Gasteiger partial charge in [-0.05, 0) is 73.5 Å². The maximum atomic E-state index is 13.9. The second-order valence-electron chi connectivity index (χ2n) is 13.2. The number of halogens is 3. The third-order valence-electron chi connectivity index (χ3n) is 9.49. The number of para-hydroxylation sites is 1. The van der Waals surface area contributed by atoms with Gasteiger partial charge in [-0.15, -0.1) is 0 Å². The van der Waals surface area contributed by atoms with Crippen LogP contribution in [0.5, 0.6) is 0 Å². The Morgan fingerprint density at radius 2 is 0.964 bits per heavy atom. The molecule has 55 heavy (non-hydrogen) atoms. The maximum Gasteiger partial charge on any atom is 0.416 e. The molecule has 10 heteroatoms. The molecule has 0 amide bonds. The summed E-state index contributed by atoms with van der Waals surface area (Å²) in [6.07, 6.45) is -4.49. The van der Waals surface area contributed by atoms with Gasteiger partial charge in [-0.1, -0.05) is 97.1 Å². The largest absolute Gasteiger partial charge is 0.416 e. The van der Waals surface area contributed by atoms with Crippen molar-refractivity contribution in [1.82, 2.24) is 34.5 Å². The lowest BCUT2D eigenvalue weighted by atomic mass is 9.99. The van der Waals surface area contributed by atoms with E-state index in [9.17, 15) is 13.2 Å². The van der Waals surface area contributed by atoms with Crippen LogP contribution in [0.15, 0.2) is 146 Å². The zero-order valence-electron chi connectivity index (χ0n) is 29.6. The van der Waals surface area contributed by atoms with Gasteiger partial charge >= 0.3 is 6.18 Å². The molecule has 0 spiro atoms. The van der Waals surface area contributed by atoms with Gasteiger partial charge in [-0.2, -0.15) is 13.2 Å². The lowest BCUT2D eigenvalue weighted by Crippen LogP contribution is -2.05. The highest BCUT2D eigenvalue weighted by Crippen LogP contribution is 2.40. The Hall–Kier alpha value is -7.07. The Morgan fingerprint density at radius 1 is 0.418 bits per heavy atom. The molecule has 0 unspecified atom stereocenters.